The molecule has 6 heteroatoms. The lowest BCUT2D eigenvalue weighted by molar-refractivity contribution is -0.141. The summed E-state index contributed by atoms with van der Waals surface area (Å²) in [6.45, 7) is 0.0537. The van der Waals surface area contributed by atoms with Crippen molar-refractivity contribution in [2.45, 2.75) is 18.6 Å². The van der Waals surface area contributed by atoms with Gasteiger partial charge in [0.15, 0.2) is 0 Å². The van der Waals surface area contributed by atoms with Crippen LogP contribution in [0.15, 0.2) is 24.5 Å². The molecule has 1 aromatic rings. The Labute approximate surface area is 97.5 Å². The maximum absolute atomic E-state index is 12.0. The van der Waals surface area contributed by atoms with Gasteiger partial charge in [-0.25, -0.2) is 4.79 Å². The van der Waals surface area contributed by atoms with E-state index in [1.807, 2.05) is 0 Å². The average Bonchev–Trinajstić information content (AvgIpc) is 2.72. The molecule has 1 aliphatic rings. The number of aromatic nitrogens is 1. The molecule has 0 bridgehead atoms. The molecule has 90 valence electrons. The molecule has 0 saturated carbocycles. The zero-order valence-electron chi connectivity index (χ0n) is 8.98. The largest absolute Gasteiger partial charge is 0.480 e. The van der Waals surface area contributed by atoms with Crippen LogP contribution >= 0.6 is 0 Å². The van der Waals surface area contributed by atoms with Crippen LogP contribution in [0.3, 0.4) is 0 Å². The van der Waals surface area contributed by atoms with Gasteiger partial charge in [0.1, 0.15) is 6.04 Å². The van der Waals surface area contributed by atoms with E-state index in [0.29, 0.717) is 5.56 Å². The molecule has 2 N–H and O–H groups in total. The zero-order chi connectivity index (χ0) is 12.4. The van der Waals surface area contributed by atoms with Gasteiger partial charge in [0.05, 0.1) is 6.10 Å². The van der Waals surface area contributed by atoms with Crippen LogP contribution in [-0.2, 0) is 4.79 Å². The summed E-state index contributed by atoms with van der Waals surface area (Å²) in [6, 6.07) is 2.09. The van der Waals surface area contributed by atoms with Crippen LogP contribution in [0.25, 0.3) is 0 Å². The molecule has 2 heterocycles. The lowest BCUT2D eigenvalue weighted by atomic mass is 10.2. The van der Waals surface area contributed by atoms with Crippen molar-refractivity contribution in [3.05, 3.63) is 30.1 Å². The number of aliphatic carboxylic acids is 1. The molecular weight excluding hydrogens is 224 g/mol. The minimum absolute atomic E-state index is 0.0537. The van der Waals surface area contributed by atoms with Crippen molar-refractivity contribution in [1.29, 1.82) is 0 Å². The number of carbonyl (C=O) groups is 2. The summed E-state index contributed by atoms with van der Waals surface area (Å²) in [5.74, 6) is -1.49. The van der Waals surface area contributed by atoms with Crippen molar-refractivity contribution < 1.29 is 19.8 Å². The second kappa shape index (κ2) is 4.50. The fraction of sp³-hybridized carbons (Fsp3) is 0.364. The van der Waals surface area contributed by atoms with Crippen LogP contribution in [0.1, 0.15) is 16.8 Å². The van der Waals surface area contributed by atoms with Crippen LogP contribution in [0.5, 0.6) is 0 Å². The highest BCUT2D eigenvalue weighted by atomic mass is 16.4. The first-order chi connectivity index (χ1) is 8.09. The zero-order valence-corrected chi connectivity index (χ0v) is 8.98. The summed E-state index contributed by atoms with van der Waals surface area (Å²) in [5, 5.41) is 18.4. The Kier molecular flexibility index (Phi) is 3.06. The van der Waals surface area contributed by atoms with E-state index in [-0.39, 0.29) is 13.0 Å². The van der Waals surface area contributed by atoms with Crippen LogP contribution < -0.4 is 0 Å². The Balaban J connectivity index is 2.22. The van der Waals surface area contributed by atoms with E-state index in [0.717, 1.165) is 0 Å². The molecule has 6 nitrogen and oxygen atoms in total. The molecule has 1 amide bonds. The summed E-state index contributed by atoms with van der Waals surface area (Å²) in [5.41, 5.74) is 0.375. The van der Waals surface area contributed by atoms with Crippen molar-refractivity contribution in [2.75, 3.05) is 6.54 Å². The average molecular weight is 236 g/mol. The van der Waals surface area contributed by atoms with Crippen molar-refractivity contribution >= 4 is 11.9 Å². The SMILES string of the molecule is O=C(O)[C@H]1C[C@@H](O)CN1C(=O)c1ccncc1. The molecule has 1 fully saturated rings. The molecule has 2 atom stereocenters. The van der Waals surface area contributed by atoms with E-state index in [2.05, 4.69) is 4.98 Å². The number of nitrogens with zero attached hydrogens (tertiary/aromatic N) is 2. The molecule has 0 aliphatic carbocycles. The standard InChI is InChI=1S/C11H12N2O4/c14-8-5-9(11(16)17)13(6-8)10(15)7-1-3-12-4-2-7/h1-4,8-9,14H,5-6H2,(H,16,17)/t8-,9-/m1/s1. The summed E-state index contributed by atoms with van der Waals surface area (Å²) in [4.78, 5) is 28.0. The predicted octanol–water partition coefficient (Wildman–Crippen LogP) is -0.258. The monoisotopic (exact) mass is 236 g/mol. The predicted molar refractivity (Wildman–Crippen MR) is 57.3 cm³/mol. The maximum Gasteiger partial charge on any atom is 0.326 e. The first-order valence-electron chi connectivity index (χ1n) is 5.21. The normalized spacial score (nSPS) is 23.7. The molecule has 0 radical (unpaired) electrons. The third-order valence-corrected chi connectivity index (χ3v) is 2.75. The van der Waals surface area contributed by atoms with Gasteiger partial charge in [0.2, 0.25) is 0 Å². The molecular formula is C11H12N2O4. The topological polar surface area (TPSA) is 90.7 Å². The quantitative estimate of drug-likeness (QED) is 0.738. The van der Waals surface area contributed by atoms with Gasteiger partial charge < -0.3 is 15.1 Å². The minimum Gasteiger partial charge on any atom is -0.480 e. The summed E-state index contributed by atoms with van der Waals surface area (Å²) in [6.07, 6.45) is 2.24. The Morgan fingerprint density at radius 3 is 2.59 bits per heavy atom. The van der Waals surface area contributed by atoms with Gasteiger partial charge in [-0.15, -0.1) is 0 Å². The molecule has 1 saturated heterocycles. The van der Waals surface area contributed by atoms with Gasteiger partial charge in [-0.3, -0.25) is 9.78 Å². The van der Waals surface area contributed by atoms with Crippen molar-refractivity contribution in [3.8, 4) is 0 Å². The second-order valence-electron chi connectivity index (χ2n) is 3.94. The van der Waals surface area contributed by atoms with E-state index in [1.54, 1.807) is 0 Å². The van der Waals surface area contributed by atoms with Crippen molar-refractivity contribution in [3.63, 3.8) is 0 Å². The highest BCUT2D eigenvalue weighted by Crippen LogP contribution is 2.20. The highest BCUT2D eigenvalue weighted by molar-refractivity contribution is 5.96. The number of carbonyl (C=O) groups excluding carboxylic acids is 1. The number of hydrogen-bond donors (Lipinski definition) is 2. The van der Waals surface area contributed by atoms with Crippen LogP contribution in [0.2, 0.25) is 0 Å². The number of carboxylic acids is 1. The number of aliphatic hydroxyl groups is 1. The summed E-state index contributed by atoms with van der Waals surface area (Å²) in [7, 11) is 0. The second-order valence-corrected chi connectivity index (χ2v) is 3.94. The molecule has 0 spiro atoms. The number of β-amino-alcohol motifs (C(OH)–C–C–N with tert-alkyl or cyclic N) is 1. The van der Waals surface area contributed by atoms with E-state index in [9.17, 15) is 14.7 Å². The maximum atomic E-state index is 12.0. The molecule has 1 aromatic heterocycles. The number of aliphatic hydroxyl groups excluding tert-OH is 1. The van der Waals surface area contributed by atoms with E-state index < -0.39 is 24.0 Å². The summed E-state index contributed by atoms with van der Waals surface area (Å²) < 4.78 is 0. The van der Waals surface area contributed by atoms with Gasteiger partial charge in [0.25, 0.3) is 5.91 Å². The third kappa shape index (κ3) is 2.26. The van der Waals surface area contributed by atoms with Gasteiger partial charge in [-0.2, -0.15) is 0 Å². The summed E-state index contributed by atoms with van der Waals surface area (Å²) >= 11 is 0. The van der Waals surface area contributed by atoms with Gasteiger partial charge >= 0.3 is 5.97 Å². The Morgan fingerprint density at radius 1 is 1.35 bits per heavy atom. The number of pyridine rings is 1. The first kappa shape index (κ1) is 11.5. The lowest BCUT2D eigenvalue weighted by Gasteiger charge is -2.20. The Hall–Kier alpha value is -1.95. The molecule has 2 rings (SSSR count). The Bertz CT molecular complexity index is 434. The molecule has 0 aromatic carbocycles. The van der Waals surface area contributed by atoms with Gasteiger partial charge in [-0.05, 0) is 12.1 Å². The number of carboxylic acid groups (broad SMARTS) is 1. The van der Waals surface area contributed by atoms with E-state index in [1.165, 1.54) is 29.4 Å². The number of likely N-dealkylation sites (tertiary alicyclic amines) is 1. The minimum atomic E-state index is -1.09. The first-order valence-corrected chi connectivity index (χ1v) is 5.21. The van der Waals surface area contributed by atoms with Crippen LogP contribution in [0.4, 0.5) is 0 Å². The van der Waals surface area contributed by atoms with Gasteiger partial charge in [0, 0.05) is 30.9 Å². The van der Waals surface area contributed by atoms with E-state index >= 15 is 0 Å². The molecule has 1 aliphatic heterocycles. The number of hydrogen-bond acceptors (Lipinski definition) is 4. The Morgan fingerprint density at radius 2 is 2.00 bits per heavy atom. The van der Waals surface area contributed by atoms with Crippen LogP contribution in [-0.4, -0.2) is 50.7 Å². The smallest absolute Gasteiger partial charge is 0.326 e. The fourth-order valence-electron chi connectivity index (χ4n) is 1.93. The van der Waals surface area contributed by atoms with Crippen molar-refractivity contribution in [2.24, 2.45) is 0 Å². The third-order valence-electron chi connectivity index (χ3n) is 2.75. The number of rotatable bonds is 2. The molecule has 0 unspecified atom stereocenters. The molecule has 17 heavy (non-hydrogen) atoms. The van der Waals surface area contributed by atoms with Crippen LogP contribution in [0, 0.1) is 0 Å². The highest BCUT2D eigenvalue weighted by Gasteiger charge is 2.39. The van der Waals surface area contributed by atoms with E-state index in [4.69, 9.17) is 5.11 Å². The van der Waals surface area contributed by atoms with Crippen molar-refractivity contribution in [1.82, 2.24) is 9.88 Å². The fourth-order valence-corrected chi connectivity index (χ4v) is 1.93. The van der Waals surface area contributed by atoms with Gasteiger partial charge in [-0.1, -0.05) is 0 Å². The number of amides is 1. The lowest BCUT2D eigenvalue weighted by Crippen LogP contribution is -2.40.